The lowest BCUT2D eigenvalue weighted by Gasteiger charge is -2.08. The summed E-state index contributed by atoms with van der Waals surface area (Å²) in [4.78, 5) is 11.3. The maximum Gasteiger partial charge on any atom is 0.339 e. The van der Waals surface area contributed by atoms with E-state index in [1.54, 1.807) is 4.68 Å². The first-order chi connectivity index (χ1) is 9.43. The van der Waals surface area contributed by atoms with E-state index >= 15 is 0 Å². The average Bonchev–Trinajstić information content (AvgIpc) is 2.86. The summed E-state index contributed by atoms with van der Waals surface area (Å²) in [5, 5.41) is 13.6. The molecule has 0 aliphatic heterocycles. The van der Waals surface area contributed by atoms with Crippen LogP contribution in [0.15, 0.2) is 28.9 Å². The van der Waals surface area contributed by atoms with Gasteiger partial charge in [0.1, 0.15) is 17.1 Å². The van der Waals surface area contributed by atoms with Crippen LogP contribution in [0.2, 0.25) is 0 Å². The van der Waals surface area contributed by atoms with Gasteiger partial charge in [0.2, 0.25) is 0 Å². The number of hydrogen-bond donors (Lipinski definition) is 1. The number of carboxylic acids is 1. The summed E-state index contributed by atoms with van der Waals surface area (Å²) in [6.07, 6.45) is 2.36. The normalized spacial score (nSPS) is 12.4. The second-order valence-electron chi connectivity index (χ2n) is 4.56. The molecule has 0 fully saturated rings. The maximum absolute atomic E-state index is 13.3. The molecule has 0 saturated carbocycles. The Balaban J connectivity index is 2.56. The Bertz CT molecular complexity index is 655. The van der Waals surface area contributed by atoms with Gasteiger partial charge in [-0.05, 0) is 47.5 Å². The molecule has 0 saturated heterocycles. The third-order valence-electron chi connectivity index (χ3n) is 3.20. The zero-order chi connectivity index (χ0) is 14.9. The van der Waals surface area contributed by atoms with Gasteiger partial charge in [-0.1, -0.05) is 6.92 Å². The number of aromatic nitrogens is 2. The van der Waals surface area contributed by atoms with Crippen LogP contribution in [-0.2, 0) is 0 Å². The first-order valence-electron chi connectivity index (χ1n) is 6.22. The van der Waals surface area contributed by atoms with E-state index < -0.39 is 11.8 Å². The number of nitrogens with zero attached hydrogens (tertiary/aromatic N) is 2. The molecular formula is C14H14BrFN2O2. The molecule has 0 amide bonds. The predicted octanol–water partition coefficient (Wildman–Crippen LogP) is 4.12. The standard InChI is InChI=1S/C14H14BrFN2O2/c1-3-8(2)18-7-10(14(19)20)13(17-18)9-4-5-12(16)11(15)6-9/h4-8H,3H2,1-2H3,(H,19,20). The number of aromatic carboxylic acids is 1. The van der Waals surface area contributed by atoms with E-state index in [9.17, 15) is 14.3 Å². The lowest BCUT2D eigenvalue weighted by molar-refractivity contribution is 0.0697. The minimum atomic E-state index is -1.05. The van der Waals surface area contributed by atoms with Crippen molar-refractivity contribution in [3.05, 3.63) is 40.2 Å². The van der Waals surface area contributed by atoms with Crippen molar-refractivity contribution in [2.75, 3.05) is 0 Å². The smallest absolute Gasteiger partial charge is 0.339 e. The molecule has 106 valence electrons. The highest BCUT2D eigenvalue weighted by molar-refractivity contribution is 9.10. The molecular weight excluding hydrogens is 327 g/mol. The van der Waals surface area contributed by atoms with Crippen molar-refractivity contribution < 1.29 is 14.3 Å². The van der Waals surface area contributed by atoms with Crippen LogP contribution < -0.4 is 0 Å². The van der Waals surface area contributed by atoms with Crippen LogP contribution in [-0.4, -0.2) is 20.9 Å². The molecule has 1 heterocycles. The monoisotopic (exact) mass is 340 g/mol. The Morgan fingerprint density at radius 2 is 2.25 bits per heavy atom. The molecule has 1 unspecified atom stereocenters. The van der Waals surface area contributed by atoms with Gasteiger partial charge >= 0.3 is 5.97 Å². The Labute approximate surface area is 124 Å². The fourth-order valence-electron chi connectivity index (χ4n) is 1.82. The fourth-order valence-corrected chi connectivity index (χ4v) is 2.20. The van der Waals surface area contributed by atoms with Gasteiger partial charge in [-0.25, -0.2) is 9.18 Å². The minimum absolute atomic E-state index is 0.103. The lowest BCUT2D eigenvalue weighted by Crippen LogP contribution is -2.04. The van der Waals surface area contributed by atoms with Crippen LogP contribution in [0.25, 0.3) is 11.3 Å². The topological polar surface area (TPSA) is 55.1 Å². The van der Waals surface area contributed by atoms with Crippen molar-refractivity contribution in [1.82, 2.24) is 9.78 Å². The van der Waals surface area contributed by atoms with Crippen LogP contribution in [0.3, 0.4) is 0 Å². The van der Waals surface area contributed by atoms with E-state index in [2.05, 4.69) is 21.0 Å². The highest BCUT2D eigenvalue weighted by Gasteiger charge is 2.19. The van der Waals surface area contributed by atoms with E-state index in [-0.39, 0.29) is 16.1 Å². The van der Waals surface area contributed by atoms with Crippen molar-refractivity contribution in [2.45, 2.75) is 26.3 Å². The highest BCUT2D eigenvalue weighted by Crippen LogP contribution is 2.28. The predicted molar refractivity (Wildman–Crippen MR) is 77.3 cm³/mol. The fraction of sp³-hybridized carbons (Fsp3) is 0.286. The van der Waals surface area contributed by atoms with Gasteiger partial charge in [-0.2, -0.15) is 5.10 Å². The number of carboxylic acid groups (broad SMARTS) is 1. The van der Waals surface area contributed by atoms with Gasteiger partial charge in [0.25, 0.3) is 0 Å². The van der Waals surface area contributed by atoms with Gasteiger partial charge in [0.05, 0.1) is 4.47 Å². The number of carbonyl (C=O) groups is 1. The number of hydrogen-bond acceptors (Lipinski definition) is 2. The molecule has 0 bridgehead atoms. The van der Waals surface area contributed by atoms with E-state index in [1.165, 1.54) is 24.4 Å². The van der Waals surface area contributed by atoms with Crippen LogP contribution in [0, 0.1) is 5.82 Å². The minimum Gasteiger partial charge on any atom is -0.478 e. The molecule has 1 aromatic heterocycles. The molecule has 1 N–H and O–H groups in total. The molecule has 4 nitrogen and oxygen atoms in total. The molecule has 1 aromatic carbocycles. The highest BCUT2D eigenvalue weighted by atomic mass is 79.9. The third kappa shape index (κ3) is 2.75. The molecule has 0 aliphatic carbocycles. The number of halogens is 2. The van der Waals surface area contributed by atoms with Gasteiger partial charge in [0.15, 0.2) is 0 Å². The SMILES string of the molecule is CCC(C)n1cc(C(=O)O)c(-c2ccc(F)c(Br)c2)n1. The van der Waals surface area contributed by atoms with Gasteiger partial charge in [0, 0.05) is 17.8 Å². The Kier molecular flexibility index (Phi) is 4.23. The first kappa shape index (κ1) is 14.7. The molecule has 0 radical (unpaired) electrons. The van der Waals surface area contributed by atoms with E-state index in [0.717, 1.165) is 6.42 Å². The Hall–Kier alpha value is -1.69. The molecule has 2 aromatic rings. The summed E-state index contributed by atoms with van der Waals surface area (Å²) in [6.45, 7) is 3.96. The van der Waals surface area contributed by atoms with E-state index in [4.69, 9.17) is 0 Å². The quantitative estimate of drug-likeness (QED) is 0.910. The summed E-state index contributed by atoms with van der Waals surface area (Å²) < 4.78 is 15.2. The van der Waals surface area contributed by atoms with Crippen molar-refractivity contribution in [3.63, 3.8) is 0 Å². The summed E-state index contributed by atoms with van der Waals surface area (Å²) in [5.41, 5.74) is 1.03. The average molecular weight is 341 g/mol. The molecule has 0 aliphatic rings. The molecule has 1 atom stereocenters. The third-order valence-corrected chi connectivity index (χ3v) is 3.81. The van der Waals surface area contributed by atoms with Gasteiger partial charge < -0.3 is 5.11 Å². The molecule has 0 spiro atoms. The van der Waals surface area contributed by atoms with Crippen LogP contribution in [0.1, 0.15) is 36.7 Å². The van der Waals surface area contributed by atoms with Crippen LogP contribution in [0.5, 0.6) is 0 Å². The Morgan fingerprint density at radius 3 is 2.80 bits per heavy atom. The van der Waals surface area contributed by atoms with Gasteiger partial charge in [-0.3, -0.25) is 4.68 Å². The maximum atomic E-state index is 13.3. The second kappa shape index (κ2) is 5.75. The van der Waals surface area contributed by atoms with Gasteiger partial charge in [-0.15, -0.1) is 0 Å². The molecule has 20 heavy (non-hydrogen) atoms. The van der Waals surface area contributed by atoms with E-state index in [0.29, 0.717) is 11.3 Å². The van der Waals surface area contributed by atoms with E-state index in [1.807, 2.05) is 13.8 Å². The van der Waals surface area contributed by atoms with Crippen molar-refractivity contribution in [1.29, 1.82) is 0 Å². The van der Waals surface area contributed by atoms with Crippen LogP contribution >= 0.6 is 15.9 Å². The second-order valence-corrected chi connectivity index (χ2v) is 5.42. The summed E-state index contributed by atoms with van der Waals surface area (Å²) in [5.74, 6) is -1.44. The largest absolute Gasteiger partial charge is 0.478 e. The first-order valence-corrected chi connectivity index (χ1v) is 7.01. The Morgan fingerprint density at radius 1 is 1.55 bits per heavy atom. The zero-order valence-corrected chi connectivity index (χ0v) is 12.7. The molecule has 6 heteroatoms. The lowest BCUT2D eigenvalue weighted by atomic mass is 10.1. The van der Waals surface area contributed by atoms with Crippen molar-refractivity contribution in [2.24, 2.45) is 0 Å². The van der Waals surface area contributed by atoms with Crippen molar-refractivity contribution >= 4 is 21.9 Å². The van der Waals surface area contributed by atoms with Crippen LogP contribution in [0.4, 0.5) is 4.39 Å². The number of benzene rings is 1. The zero-order valence-electron chi connectivity index (χ0n) is 11.1. The number of rotatable bonds is 4. The summed E-state index contributed by atoms with van der Waals surface area (Å²) >= 11 is 3.10. The van der Waals surface area contributed by atoms with Crippen molar-refractivity contribution in [3.8, 4) is 11.3 Å². The summed E-state index contributed by atoms with van der Waals surface area (Å²) in [7, 11) is 0. The molecule has 2 rings (SSSR count). The summed E-state index contributed by atoms with van der Waals surface area (Å²) in [6, 6.07) is 4.44.